The molecule has 0 aliphatic carbocycles. The minimum atomic E-state index is 0.487. The summed E-state index contributed by atoms with van der Waals surface area (Å²) in [6, 6.07) is 10.3. The Hall–Kier alpha value is -1.22. The van der Waals surface area contributed by atoms with Gasteiger partial charge in [0.2, 0.25) is 0 Å². The first kappa shape index (κ1) is 7.88. The van der Waals surface area contributed by atoms with Crippen molar-refractivity contribution in [3.8, 4) is 12.3 Å². The van der Waals surface area contributed by atoms with E-state index in [1.807, 2.05) is 18.2 Å². The number of benzene rings is 1. The molecule has 0 heterocycles. The van der Waals surface area contributed by atoms with Crippen LogP contribution < -0.4 is 0 Å². The molecule has 1 aromatic rings. The van der Waals surface area contributed by atoms with Crippen LogP contribution in [-0.4, -0.2) is 0 Å². The van der Waals surface area contributed by atoms with Gasteiger partial charge in [-0.25, -0.2) is 0 Å². The van der Waals surface area contributed by atoms with Gasteiger partial charge in [-0.05, 0) is 11.5 Å². The van der Waals surface area contributed by atoms with Crippen molar-refractivity contribution in [3.63, 3.8) is 0 Å². The second-order valence-electron chi connectivity index (χ2n) is 2.72. The Morgan fingerprint density at radius 3 is 2.55 bits per heavy atom. The normalized spacial score (nSPS) is 12.0. The lowest BCUT2D eigenvalue weighted by Crippen LogP contribution is -1.90. The molecule has 11 heavy (non-hydrogen) atoms. The van der Waals surface area contributed by atoms with E-state index in [-0.39, 0.29) is 0 Å². The summed E-state index contributed by atoms with van der Waals surface area (Å²) < 4.78 is 0. The number of hydrogen-bond donors (Lipinski definition) is 0. The van der Waals surface area contributed by atoms with Gasteiger partial charge in [0.15, 0.2) is 0 Å². The van der Waals surface area contributed by atoms with E-state index in [4.69, 9.17) is 6.42 Å². The predicted octanol–water partition coefficient (Wildman–Crippen LogP) is 2.81. The third-order valence-corrected chi connectivity index (χ3v) is 1.79. The van der Waals surface area contributed by atoms with Crippen LogP contribution in [0.15, 0.2) is 30.3 Å². The average molecular weight is 144 g/mol. The van der Waals surface area contributed by atoms with Gasteiger partial charge < -0.3 is 0 Å². The molecule has 0 saturated heterocycles. The molecule has 1 aromatic carbocycles. The molecular weight excluding hydrogens is 132 g/mol. The van der Waals surface area contributed by atoms with Crippen molar-refractivity contribution in [3.05, 3.63) is 35.9 Å². The van der Waals surface area contributed by atoms with Crippen LogP contribution in [0.1, 0.15) is 24.8 Å². The summed E-state index contributed by atoms with van der Waals surface area (Å²) in [7, 11) is 0. The molecule has 0 spiro atoms. The fraction of sp³-hybridized carbons (Fsp3) is 0.273. The molecule has 0 saturated carbocycles. The van der Waals surface area contributed by atoms with Crippen LogP contribution in [0.4, 0.5) is 0 Å². The van der Waals surface area contributed by atoms with E-state index in [1.165, 1.54) is 5.56 Å². The van der Waals surface area contributed by atoms with E-state index >= 15 is 0 Å². The van der Waals surface area contributed by atoms with Gasteiger partial charge in [0, 0.05) is 6.42 Å². The molecule has 1 unspecified atom stereocenters. The molecule has 0 heteroatoms. The maximum Gasteiger partial charge on any atom is 0.0152 e. The van der Waals surface area contributed by atoms with E-state index in [0.717, 1.165) is 6.42 Å². The Labute approximate surface area is 68.3 Å². The largest absolute Gasteiger partial charge is 0.120 e. The monoisotopic (exact) mass is 144 g/mol. The quantitative estimate of drug-likeness (QED) is 0.560. The van der Waals surface area contributed by atoms with Crippen LogP contribution >= 0.6 is 0 Å². The van der Waals surface area contributed by atoms with Crippen molar-refractivity contribution < 1.29 is 0 Å². The Morgan fingerprint density at radius 1 is 1.36 bits per heavy atom. The van der Waals surface area contributed by atoms with Gasteiger partial charge in [0.25, 0.3) is 0 Å². The van der Waals surface area contributed by atoms with Crippen LogP contribution in [0, 0.1) is 12.3 Å². The highest BCUT2D eigenvalue weighted by Crippen LogP contribution is 2.16. The molecule has 56 valence electrons. The number of terminal acetylenes is 1. The zero-order valence-corrected chi connectivity index (χ0v) is 6.75. The molecule has 0 nitrogen and oxygen atoms in total. The van der Waals surface area contributed by atoms with Crippen molar-refractivity contribution >= 4 is 0 Å². The van der Waals surface area contributed by atoms with Crippen LogP contribution in [-0.2, 0) is 0 Å². The zero-order valence-electron chi connectivity index (χ0n) is 6.75. The SMILES string of the molecule is C#CCC(C)c1ccccc1. The molecule has 0 fully saturated rings. The van der Waals surface area contributed by atoms with Gasteiger partial charge >= 0.3 is 0 Å². The van der Waals surface area contributed by atoms with Gasteiger partial charge in [-0.2, -0.15) is 0 Å². The maximum absolute atomic E-state index is 5.22. The first-order chi connectivity index (χ1) is 5.34. The summed E-state index contributed by atoms with van der Waals surface area (Å²) in [5.74, 6) is 3.15. The highest BCUT2D eigenvalue weighted by molar-refractivity contribution is 5.19. The number of rotatable bonds is 2. The molecule has 0 aromatic heterocycles. The van der Waals surface area contributed by atoms with Gasteiger partial charge in [-0.1, -0.05) is 37.3 Å². The smallest absolute Gasteiger partial charge is 0.0152 e. The van der Waals surface area contributed by atoms with E-state index in [2.05, 4.69) is 25.0 Å². The molecule has 0 aliphatic rings. The third kappa shape index (κ3) is 2.13. The molecule has 0 amide bonds. The molecule has 0 bridgehead atoms. The Balaban J connectivity index is 2.70. The lowest BCUT2D eigenvalue weighted by molar-refractivity contribution is 0.796. The zero-order chi connectivity index (χ0) is 8.10. The molecule has 1 rings (SSSR count). The first-order valence-corrected chi connectivity index (χ1v) is 3.83. The Bertz CT molecular complexity index is 240. The van der Waals surface area contributed by atoms with E-state index in [9.17, 15) is 0 Å². The average Bonchev–Trinajstić information content (AvgIpc) is 2.07. The van der Waals surface area contributed by atoms with Gasteiger partial charge in [-0.3, -0.25) is 0 Å². The van der Waals surface area contributed by atoms with Crippen molar-refractivity contribution in [1.29, 1.82) is 0 Å². The summed E-state index contributed by atoms with van der Waals surface area (Å²) in [5.41, 5.74) is 1.32. The van der Waals surface area contributed by atoms with Crippen LogP contribution in [0.25, 0.3) is 0 Å². The van der Waals surface area contributed by atoms with Crippen LogP contribution in [0.2, 0.25) is 0 Å². The second kappa shape index (κ2) is 3.83. The first-order valence-electron chi connectivity index (χ1n) is 3.83. The van der Waals surface area contributed by atoms with Gasteiger partial charge in [-0.15, -0.1) is 12.3 Å². The summed E-state index contributed by atoms with van der Waals surface area (Å²) in [5, 5.41) is 0. The molecule has 0 radical (unpaired) electrons. The summed E-state index contributed by atoms with van der Waals surface area (Å²) in [6.45, 7) is 2.15. The van der Waals surface area contributed by atoms with Crippen molar-refractivity contribution in [1.82, 2.24) is 0 Å². The molecule has 0 N–H and O–H groups in total. The van der Waals surface area contributed by atoms with Gasteiger partial charge in [0.05, 0.1) is 0 Å². The summed E-state index contributed by atoms with van der Waals surface area (Å²) in [6.07, 6.45) is 6.04. The summed E-state index contributed by atoms with van der Waals surface area (Å²) >= 11 is 0. The standard InChI is InChI=1S/C11H12/c1-3-7-10(2)11-8-5-4-6-9-11/h1,4-6,8-10H,7H2,2H3. The lowest BCUT2D eigenvalue weighted by Gasteiger charge is -2.06. The van der Waals surface area contributed by atoms with Crippen LogP contribution in [0.5, 0.6) is 0 Å². The highest BCUT2D eigenvalue weighted by Gasteiger charge is 2.00. The minimum absolute atomic E-state index is 0.487. The predicted molar refractivity (Wildman–Crippen MR) is 48.3 cm³/mol. The fourth-order valence-electron chi connectivity index (χ4n) is 1.08. The minimum Gasteiger partial charge on any atom is -0.120 e. The fourth-order valence-corrected chi connectivity index (χ4v) is 1.08. The second-order valence-corrected chi connectivity index (χ2v) is 2.72. The van der Waals surface area contributed by atoms with Gasteiger partial charge in [0.1, 0.15) is 0 Å². The maximum atomic E-state index is 5.22. The van der Waals surface area contributed by atoms with E-state index in [1.54, 1.807) is 0 Å². The Morgan fingerprint density at radius 2 is 2.00 bits per heavy atom. The van der Waals surface area contributed by atoms with E-state index in [0.29, 0.717) is 5.92 Å². The lowest BCUT2D eigenvalue weighted by atomic mass is 9.99. The van der Waals surface area contributed by atoms with Crippen LogP contribution in [0.3, 0.4) is 0 Å². The van der Waals surface area contributed by atoms with Crippen molar-refractivity contribution in [2.24, 2.45) is 0 Å². The third-order valence-electron chi connectivity index (χ3n) is 1.79. The Kier molecular flexibility index (Phi) is 2.74. The highest BCUT2D eigenvalue weighted by atomic mass is 14.0. The van der Waals surface area contributed by atoms with E-state index < -0.39 is 0 Å². The van der Waals surface area contributed by atoms with Crippen molar-refractivity contribution in [2.45, 2.75) is 19.3 Å². The molecule has 1 atom stereocenters. The number of hydrogen-bond acceptors (Lipinski definition) is 0. The molecular formula is C11H12. The molecule has 0 aliphatic heterocycles. The topological polar surface area (TPSA) is 0 Å². The summed E-state index contributed by atoms with van der Waals surface area (Å²) in [4.78, 5) is 0. The van der Waals surface area contributed by atoms with Crippen molar-refractivity contribution in [2.75, 3.05) is 0 Å².